The van der Waals surface area contributed by atoms with Crippen LogP contribution in [0.2, 0.25) is 5.02 Å². The largest absolute Gasteiger partial charge is 0.444 e. The molecule has 3 N–H and O–H groups in total. The standard InChI is InChI=1S/C28H39ClN6O2/c1-28(2,3)37-27(36)30-14-9-5-4-6-10-15-35-16-13-20(19-35)33-26-32-18-23(29)25(34-26)22-17-31-24-12-8-7-11-21(22)24/h7-8,11-12,17-18,20,31H,4-6,9-10,13-16,19H2,1-3H3,(H,30,36)(H,32,33,34)/t20-/m1/s1. The number of amides is 1. The molecule has 3 heterocycles. The third-order valence-electron chi connectivity index (χ3n) is 6.51. The van der Waals surface area contributed by atoms with Crippen molar-refractivity contribution in [3.8, 4) is 11.3 Å². The smallest absolute Gasteiger partial charge is 0.407 e. The second kappa shape index (κ2) is 12.6. The van der Waals surface area contributed by atoms with Crippen molar-refractivity contribution in [1.29, 1.82) is 0 Å². The number of benzene rings is 1. The van der Waals surface area contributed by atoms with Crippen LogP contribution in [0, 0.1) is 0 Å². The van der Waals surface area contributed by atoms with Crippen LogP contribution in [0.1, 0.15) is 59.3 Å². The Hall–Kier alpha value is -2.84. The molecule has 0 radical (unpaired) electrons. The number of unbranched alkanes of at least 4 members (excludes halogenated alkanes) is 4. The molecule has 4 rings (SSSR count). The second-order valence-corrected chi connectivity index (χ2v) is 11.2. The summed E-state index contributed by atoms with van der Waals surface area (Å²) in [4.78, 5) is 26.7. The summed E-state index contributed by atoms with van der Waals surface area (Å²) in [6, 6.07) is 8.48. The van der Waals surface area contributed by atoms with Gasteiger partial charge >= 0.3 is 6.09 Å². The van der Waals surface area contributed by atoms with E-state index in [1.54, 1.807) is 6.20 Å². The number of likely N-dealkylation sites (tertiary alicyclic amines) is 1. The Morgan fingerprint density at radius 3 is 2.81 bits per heavy atom. The molecule has 9 heteroatoms. The Morgan fingerprint density at radius 2 is 1.97 bits per heavy atom. The maximum atomic E-state index is 11.7. The highest BCUT2D eigenvalue weighted by molar-refractivity contribution is 6.33. The van der Waals surface area contributed by atoms with Gasteiger partial charge < -0.3 is 25.3 Å². The minimum atomic E-state index is -0.448. The lowest BCUT2D eigenvalue weighted by Crippen LogP contribution is -2.32. The number of hydrogen-bond acceptors (Lipinski definition) is 6. The second-order valence-electron chi connectivity index (χ2n) is 10.8. The summed E-state index contributed by atoms with van der Waals surface area (Å²) >= 11 is 6.48. The first kappa shape index (κ1) is 27.2. The molecule has 8 nitrogen and oxygen atoms in total. The van der Waals surface area contributed by atoms with E-state index in [0.717, 1.165) is 61.1 Å². The van der Waals surface area contributed by atoms with Gasteiger partial charge in [-0.25, -0.2) is 14.8 Å². The number of carbonyl (C=O) groups is 1. The summed E-state index contributed by atoms with van der Waals surface area (Å²) in [6.45, 7) is 9.48. The molecule has 1 amide bonds. The van der Waals surface area contributed by atoms with Gasteiger partial charge in [0.05, 0.1) is 16.9 Å². The number of H-pyrrole nitrogens is 1. The molecular weight excluding hydrogens is 488 g/mol. The molecule has 1 atom stereocenters. The van der Waals surface area contributed by atoms with Crippen LogP contribution in [0.25, 0.3) is 22.2 Å². The lowest BCUT2D eigenvalue weighted by molar-refractivity contribution is 0.0527. The van der Waals surface area contributed by atoms with Gasteiger partial charge in [0.1, 0.15) is 5.60 Å². The molecule has 1 aliphatic heterocycles. The predicted octanol–water partition coefficient (Wildman–Crippen LogP) is 6.24. The van der Waals surface area contributed by atoms with Crippen molar-refractivity contribution in [1.82, 2.24) is 25.2 Å². The number of nitrogens with one attached hydrogen (secondary N) is 3. The number of aromatic nitrogens is 3. The van der Waals surface area contributed by atoms with Gasteiger partial charge in [-0.15, -0.1) is 0 Å². The van der Waals surface area contributed by atoms with Crippen molar-refractivity contribution in [2.24, 2.45) is 0 Å². The quantitative estimate of drug-likeness (QED) is 0.256. The van der Waals surface area contributed by atoms with Gasteiger partial charge in [0.2, 0.25) is 5.95 Å². The summed E-state index contributed by atoms with van der Waals surface area (Å²) < 4.78 is 5.25. The Balaban J connectivity index is 1.15. The first-order chi connectivity index (χ1) is 17.8. The van der Waals surface area contributed by atoms with Crippen molar-refractivity contribution in [3.05, 3.63) is 41.7 Å². The first-order valence-corrected chi connectivity index (χ1v) is 13.7. The minimum absolute atomic E-state index is 0.330. The summed E-state index contributed by atoms with van der Waals surface area (Å²) in [5, 5.41) is 7.99. The molecule has 0 bridgehead atoms. The Morgan fingerprint density at radius 1 is 1.19 bits per heavy atom. The number of fused-ring (bicyclic) bond motifs is 1. The number of rotatable bonds is 11. The van der Waals surface area contributed by atoms with E-state index in [1.165, 1.54) is 19.3 Å². The summed E-state index contributed by atoms with van der Waals surface area (Å²) in [7, 11) is 0. The molecule has 2 aromatic heterocycles. The topological polar surface area (TPSA) is 95.2 Å². The van der Waals surface area contributed by atoms with Gasteiger partial charge in [-0.3, -0.25) is 0 Å². The lowest BCUT2D eigenvalue weighted by Gasteiger charge is -2.19. The number of aromatic amines is 1. The van der Waals surface area contributed by atoms with Crippen LogP contribution in [0.4, 0.5) is 10.7 Å². The zero-order valence-corrected chi connectivity index (χ0v) is 22.9. The maximum Gasteiger partial charge on any atom is 0.407 e. The van der Waals surface area contributed by atoms with Gasteiger partial charge in [0.25, 0.3) is 0 Å². The number of alkyl carbamates (subject to hydrolysis) is 1. The van der Waals surface area contributed by atoms with E-state index in [9.17, 15) is 4.79 Å². The number of anilines is 1. The van der Waals surface area contributed by atoms with Crippen molar-refractivity contribution < 1.29 is 9.53 Å². The average Bonchev–Trinajstić information content (AvgIpc) is 3.48. The predicted molar refractivity (Wildman–Crippen MR) is 150 cm³/mol. The maximum absolute atomic E-state index is 11.7. The van der Waals surface area contributed by atoms with E-state index in [1.807, 2.05) is 45.2 Å². The number of para-hydroxylation sites is 1. The third-order valence-corrected chi connectivity index (χ3v) is 6.79. The molecule has 1 aliphatic rings. The van der Waals surface area contributed by atoms with Crippen LogP contribution in [-0.4, -0.2) is 63.8 Å². The monoisotopic (exact) mass is 526 g/mol. The number of ether oxygens (including phenoxy) is 1. The fourth-order valence-corrected chi connectivity index (χ4v) is 4.92. The van der Waals surface area contributed by atoms with Crippen LogP contribution >= 0.6 is 11.6 Å². The molecular formula is C28H39ClN6O2. The van der Waals surface area contributed by atoms with Gasteiger partial charge in [0.15, 0.2) is 0 Å². The van der Waals surface area contributed by atoms with E-state index in [-0.39, 0.29) is 6.09 Å². The van der Waals surface area contributed by atoms with E-state index in [0.29, 0.717) is 23.6 Å². The summed E-state index contributed by atoms with van der Waals surface area (Å²) in [5.74, 6) is 0.622. The number of halogens is 1. The van der Waals surface area contributed by atoms with E-state index < -0.39 is 5.60 Å². The first-order valence-electron chi connectivity index (χ1n) is 13.3. The van der Waals surface area contributed by atoms with Gasteiger partial charge in [0, 0.05) is 48.3 Å². The molecule has 0 unspecified atom stereocenters. The van der Waals surface area contributed by atoms with Crippen molar-refractivity contribution in [2.75, 3.05) is 31.5 Å². The van der Waals surface area contributed by atoms with Gasteiger partial charge in [-0.05, 0) is 52.6 Å². The van der Waals surface area contributed by atoms with E-state index in [4.69, 9.17) is 21.3 Å². The molecule has 3 aromatic rings. The SMILES string of the molecule is CC(C)(C)OC(=O)NCCCCCCCN1CC[C@@H](Nc2ncc(Cl)c(-c3c[nH]c4ccccc34)n2)C1. The average molecular weight is 527 g/mol. The highest BCUT2D eigenvalue weighted by atomic mass is 35.5. The van der Waals surface area contributed by atoms with Gasteiger partial charge in [-0.2, -0.15) is 0 Å². The van der Waals surface area contributed by atoms with Crippen LogP contribution in [0.3, 0.4) is 0 Å². The van der Waals surface area contributed by atoms with E-state index in [2.05, 4.69) is 31.6 Å². The molecule has 1 fully saturated rings. The fourth-order valence-electron chi connectivity index (χ4n) is 4.72. The summed E-state index contributed by atoms with van der Waals surface area (Å²) in [5.41, 5.74) is 2.34. The number of carbonyl (C=O) groups excluding carboxylic acids is 1. The van der Waals surface area contributed by atoms with Gasteiger partial charge in [-0.1, -0.05) is 49.1 Å². The van der Waals surface area contributed by atoms with Crippen LogP contribution in [0.15, 0.2) is 36.7 Å². The normalized spacial score (nSPS) is 16.3. The Kier molecular flexibility index (Phi) is 9.27. The molecule has 0 saturated carbocycles. The molecule has 0 aliphatic carbocycles. The zero-order chi connectivity index (χ0) is 26.3. The van der Waals surface area contributed by atoms with Crippen molar-refractivity contribution in [2.45, 2.75) is 70.9 Å². The highest BCUT2D eigenvalue weighted by Crippen LogP contribution is 2.32. The van der Waals surface area contributed by atoms with Crippen molar-refractivity contribution in [3.63, 3.8) is 0 Å². The number of hydrogen-bond donors (Lipinski definition) is 3. The molecule has 0 spiro atoms. The summed E-state index contributed by atoms with van der Waals surface area (Å²) in [6.07, 6.45) is 10.1. The molecule has 200 valence electrons. The van der Waals surface area contributed by atoms with Crippen LogP contribution in [0.5, 0.6) is 0 Å². The fraction of sp³-hybridized carbons (Fsp3) is 0.536. The minimum Gasteiger partial charge on any atom is -0.444 e. The number of nitrogens with zero attached hydrogens (tertiary/aromatic N) is 3. The lowest BCUT2D eigenvalue weighted by atomic mass is 10.1. The molecule has 1 aromatic carbocycles. The molecule has 37 heavy (non-hydrogen) atoms. The zero-order valence-electron chi connectivity index (χ0n) is 22.1. The van der Waals surface area contributed by atoms with Crippen LogP contribution in [-0.2, 0) is 4.74 Å². The van der Waals surface area contributed by atoms with Crippen LogP contribution < -0.4 is 10.6 Å². The van der Waals surface area contributed by atoms with E-state index >= 15 is 0 Å². The Bertz CT molecular complexity index is 1170. The van der Waals surface area contributed by atoms with Crippen molar-refractivity contribution >= 4 is 34.5 Å². The third kappa shape index (κ3) is 8.07. The molecule has 1 saturated heterocycles. The Labute approximate surface area is 224 Å². The highest BCUT2D eigenvalue weighted by Gasteiger charge is 2.23.